The first kappa shape index (κ1) is 6.69. The number of Topliss-reactive ketones (excluding diaryl/α,β-unsaturated/α-hetero) is 1. The van der Waals surface area contributed by atoms with Crippen LogP contribution in [0.25, 0.3) is 0 Å². The van der Waals surface area contributed by atoms with Crippen molar-refractivity contribution in [3.63, 3.8) is 0 Å². The fraction of sp³-hybridized carbons (Fsp3) is 0.250. The maximum Gasteiger partial charge on any atom is 0.319 e. The SMILES string of the molecule is Nc1nc(C(=O)CO)no1. The zero-order valence-corrected chi connectivity index (χ0v) is 4.94. The number of anilines is 1. The molecule has 0 bridgehead atoms. The van der Waals surface area contributed by atoms with Crippen LogP contribution in [0.5, 0.6) is 0 Å². The summed E-state index contributed by atoms with van der Waals surface area (Å²) in [5.41, 5.74) is 5.00. The zero-order chi connectivity index (χ0) is 7.56. The van der Waals surface area contributed by atoms with Gasteiger partial charge in [0.25, 0.3) is 0 Å². The molecule has 1 rings (SSSR count). The first-order valence-electron chi connectivity index (χ1n) is 2.47. The van der Waals surface area contributed by atoms with Gasteiger partial charge in [-0.3, -0.25) is 4.79 Å². The third kappa shape index (κ3) is 1.11. The fourth-order valence-corrected chi connectivity index (χ4v) is 0.419. The van der Waals surface area contributed by atoms with Gasteiger partial charge < -0.3 is 15.4 Å². The molecule has 0 aromatic carbocycles. The van der Waals surface area contributed by atoms with Crippen molar-refractivity contribution >= 4 is 11.8 Å². The van der Waals surface area contributed by atoms with E-state index < -0.39 is 12.4 Å². The number of carbonyl (C=O) groups excluding carboxylic acids is 1. The highest BCUT2D eigenvalue weighted by atomic mass is 16.5. The van der Waals surface area contributed by atoms with E-state index in [4.69, 9.17) is 10.8 Å². The van der Waals surface area contributed by atoms with Crippen LogP contribution in [0.15, 0.2) is 4.52 Å². The predicted octanol–water partition coefficient (Wildman–Crippen LogP) is -1.17. The van der Waals surface area contributed by atoms with Crippen LogP contribution < -0.4 is 5.73 Å². The molecule has 0 fully saturated rings. The zero-order valence-electron chi connectivity index (χ0n) is 4.94. The Bertz CT molecular complexity index is 244. The third-order valence-corrected chi connectivity index (χ3v) is 0.835. The van der Waals surface area contributed by atoms with Crippen molar-refractivity contribution in [2.75, 3.05) is 12.3 Å². The van der Waals surface area contributed by atoms with E-state index in [2.05, 4.69) is 14.7 Å². The molecule has 6 nitrogen and oxygen atoms in total. The van der Waals surface area contributed by atoms with Crippen molar-refractivity contribution in [3.8, 4) is 0 Å². The van der Waals surface area contributed by atoms with Gasteiger partial charge in [0.15, 0.2) is 0 Å². The number of nitrogens with zero attached hydrogens (tertiary/aromatic N) is 2. The Kier molecular flexibility index (Phi) is 1.63. The second-order valence-corrected chi connectivity index (χ2v) is 1.54. The van der Waals surface area contributed by atoms with Gasteiger partial charge in [-0.1, -0.05) is 5.16 Å². The molecule has 0 aliphatic rings. The monoisotopic (exact) mass is 143 g/mol. The minimum Gasteiger partial charge on any atom is -0.388 e. The second-order valence-electron chi connectivity index (χ2n) is 1.54. The molecule has 0 unspecified atom stereocenters. The molecule has 3 N–H and O–H groups in total. The molecule has 0 amide bonds. The lowest BCUT2D eigenvalue weighted by Gasteiger charge is -1.81. The molecule has 0 aliphatic carbocycles. The van der Waals surface area contributed by atoms with Crippen LogP contribution in [0.3, 0.4) is 0 Å². The summed E-state index contributed by atoms with van der Waals surface area (Å²) in [6, 6.07) is -0.184. The van der Waals surface area contributed by atoms with Crippen LogP contribution in [0.2, 0.25) is 0 Å². The topological polar surface area (TPSA) is 102 Å². The van der Waals surface area contributed by atoms with Crippen LogP contribution in [0.1, 0.15) is 10.6 Å². The molecule has 54 valence electrons. The molecule has 6 heteroatoms. The maximum absolute atomic E-state index is 10.5. The van der Waals surface area contributed by atoms with Crippen LogP contribution in [0, 0.1) is 0 Å². The Labute approximate surface area is 55.6 Å². The van der Waals surface area contributed by atoms with E-state index in [1.807, 2.05) is 0 Å². The Morgan fingerprint density at radius 1 is 1.80 bits per heavy atom. The number of ketones is 1. The number of hydrogen-bond acceptors (Lipinski definition) is 6. The van der Waals surface area contributed by atoms with Crippen molar-refractivity contribution in [2.45, 2.75) is 0 Å². The Balaban J connectivity index is 2.85. The molecule has 1 aromatic rings. The summed E-state index contributed by atoms with van der Waals surface area (Å²) in [6.07, 6.45) is 0. The van der Waals surface area contributed by atoms with Gasteiger partial charge in [0.2, 0.25) is 11.6 Å². The molecular formula is C4H5N3O3. The number of nitrogens with two attached hydrogens (primary N) is 1. The summed E-state index contributed by atoms with van der Waals surface area (Å²) in [6.45, 7) is -0.640. The molecule has 0 saturated carbocycles. The normalized spacial score (nSPS) is 9.70. The average Bonchev–Trinajstić information content (AvgIpc) is 2.34. The van der Waals surface area contributed by atoms with Crippen LogP contribution in [-0.2, 0) is 0 Å². The van der Waals surface area contributed by atoms with E-state index in [0.29, 0.717) is 0 Å². The molecule has 0 spiro atoms. The molecule has 0 radical (unpaired) electrons. The molecule has 0 aliphatic heterocycles. The van der Waals surface area contributed by atoms with E-state index in [1.165, 1.54) is 0 Å². The van der Waals surface area contributed by atoms with E-state index in [1.54, 1.807) is 0 Å². The smallest absolute Gasteiger partial charge is 0.319 e. The quantitative estimate of drug-likeness (QED) is 0.505. The average molecular weight is 143 g/mol. The first-order chi connectivity index (χ1) is 4.74. The van der Waals surface area contributed by atoms with E-state index in [-0.39, 0.29) is 11.8 Å². The maximum atomic E-state index is 10.5. The van der Waals surface area contributed by atoms with Crippen molar-refractivity contribution in [1.82, 2.24) is 10.1 Å². The molecular weight excluding hydrogens is 138 g/mol. The summed E-state index contributed by atoms with van der Waals surface area (Å²) in [4.78, 5) is 13.9. The fourth-order valence-electron chi connectivity index (χ4n) is 0.419. The minimum atomic E-state index is -0.640. The minimum absolute atomic E-state index is 0.184. The highest BCUT2D eigenvalue weighted by Gasteiger charge is 2.10. The van der Waals surface area contributed by atoms with Gasteiger partial charge in [0.05, 0.1) is 0 Å². The predicted molar refractivity (Wildman–Crippen MR) is 30.1 cm³/mol. The standard InChI is InChI=1S/C4H5N3O3/c5-4-6-3(7-10-4)2(9)1-8/h8H,1H2,(H2,5,6,7). The third-order valence-electron chi connectivity index (χ3n) is 0.835. The Hall–Kier alpha value is -1.43. The lowest BCUT2D eigenvalue weighted by molar-refractivity contribution is 0.0890. The molecule has 0 atom stereocenters. The Morgan fingerprint density at radius 3 is 2.90 bits per heavy atom. The van der Waals surface area contributed by atoms with Gasteiger partial charge >= 0.3 is 6.01 Å². The van der Waals surface area contributed by atoms with Crippen molar-refractivity contribution in [1.29, 1.82) is 0 Å². The lowest BCUT2D eigenvalue weighted by atomic mass is 10.4. The van der Waals surface area contributed by atoms with Crippen LogP contribution >= 0.6 is 0 Å². The summed E-state index contributed by atoms with van der Waals surface area (Å²) in [5.74, 6) is -0.805. The van der Waals surface area contributed by atoms with Crippen molar-refractivity contribution < 1.29 is 14.4 Å². The van der Waals surface area contributed by atoms with Gasteiger partial charge in [-0.25, -0.2) is 0 Å². The largest absolute Gasteiger partial charge is 0.388 e. The number of hydrogen-bond donors (Lipinski definition) is 2. The lowest BCUT2D eigenvalue weighted by Crippen LogP contribution is -2.06. The number of rotatable bonds is 2. The van der Waals surface area contributed by atoms with Crippen LogP contribution in [0.4, 0.5) is 6.01 Å². The number of aliphatic hydroxyl groups excluding tert-OH is 1. The van der Waals surface area contributed by atoms with Crippen molar-refractivity contribution in [3.05, 3.63) is 5.82 Å². The number of aromatic nitrogens is 2. The summed E-state index contributed by atoms with van der Waals surface area (Å²) >= 11 is 0. The second kappa shape index (κ2) is 2.44. The van der Waals surface area contributed by atoms with Gasteiger partial charge in [0.1, 0.15) is 6.61 Å². The summed E-state index contributed by atoms with van der Waals surface area (Å²) < 4.78 is 4.27. The molecule has 10 heavy (non-hydrogen) atoms. The summed E-state index contributed by atoms with van der Waals surface area (Å²) in [5, 5.41) is 11.5. The highest BCUT2D eigenvalue weighted by molar-refractivity contribution is 5.93. The molecule has 1 heterocycles. The van der Waals surface area contributed by atoms with Gasteiger partial charge in [0, 0.05) is 0 Å². The Morgan fingerprint density at radius 2 is 2.50 bits per heavy atom. The van der Waals surface area contributed by atoms with E-state index >= 15 is 0 Å². The number of aliphatic hydroxyl groups is 1. The van der Waals surface area contributed by atoms with E-state index in [9.17, 15) is 4.79 Å². The van der Waals surface area contributed by atoms with Gasteiger partial charge in [-0.05, 0) is 0 Å². The van der Waals surface area contributed by atoms with Crippen LogP contribution in [-0.4, -0.2) is 27.6 Å². The summed E-state index contributed by atoms with van der Waals surface area (Å²) in [7, 11) is 0. The first-order valence-corrected chi connectivity index (χ1v) is 2.47. The van der Waals surface area contributed by atoms with E-state index in [0.717, 1.165) is 0 Å². The van der Waals surface area contributed by atoms with Gasteiger partial charge in [-0.2, -0.15) is 4.98 Å². The van der Waals surface area contributed by atoms with Gasteiger partial charge in [-0.15, -0.1) is 0 Å². The number of nitrogen functional groups attached to an aromatic ring is 1. The molecule has 1 aromatic heterocycles. The van der Waals surface area contributed by atoms with Crippen molar-refractivity contribution in [2.24, 2.45) is 0 Å². The highest BCUT2D eigenvalue weighted by Crippen LogP contribution is 1.97. The number of carbonyl (C=O) groups is 1. The molecule has 0 saturated heterocycles.